The Bertz CT molecular complexity index is 210. The second kappa shape index (κ2) is 7.31. The van der Waals surface area contributed by atoms with E-state index in [2.05, 4.69) is 37.5 Å². The molecule has 0 spiro atoms. The number of morpholine rings is 1. The maximum absolute atomic E-state index is 9.06. The van der Waals surface area contributed by atoms with Crippen LogP contribution in [0, 0.1) is 0 Å². The first kappa shape index (κ1) is 14.9. The molecule has 4 nitrogen and oxygen atoms in total. The third-order valence-corrected chi connectivity index (χ3v) is 3.46. The molecule has 102 valence electrons. The van der Waals surface area contributed by atoms with Gasteiger partial charge in [0.05, 0.1) is 19.3 Å². The van der Waals surface area contributed by atoms with Gasteiger partial charge < -0.3 is 9.84 Å². The van der Waals surface area contributed by atoms with Crippen LogP contribution in [-0.2, 0) is 4.74 Å². The van der Waals surface area contributed by atoms with Gasteiger partial charge in [0.2, 0.25) is 0 Å². The maximum atomic E-state index is 9.06. The van der Waals surface area contributed by atoms with Gasteiger partial charge in [-0.1, -0.05) is 0 Å². The molecular weight excluding hydrogens is 216 g/mol. The van der Waals surface area contributed by atoms with Crippen LogP contribution in [0.15, 0.2) is 0 Å². The van der Waals surface area contributed by atoms with Gasteiger partial charge in [-0.3, -0.25) is 9.80 Å². The summed E-state index contributed by atoms with van der Waals surface area (Å²) in [6.07, 6.45) is 0.278. The molecule has 1 rings (SSSR count). The molecule has 0 saturated carbocycles. The van der Waals surface area contributed by atoms with Gasteiger partial charge in [0.15, 0.2) is 0 Å². The zero-order chi connectivity index (χ0) is 12.8. The molecule has 0 aromatic carbocycles. The average Bonchev–Trinajstić information content (AvgIpc) is 2.28. The number of hydrogen-bond donors (Lipinski definition) is 1. The van der Waals surface area contributed by atoms with E-state index in [0.717, 1.165) is 32.8 Å². The lowest BCUT2D eigenvalue weighted by molar-refractivity contribution is -0.0567. The van der Waals surface area contributed by atoms with Crippen molar-refractivity contribution in [3.63, 3.8) is 0 Å². The zero-order valence-corrected chi connectivity index (χ0v) is 11.7. The van der Waals surface area contributed by atoms with E-state index < -0.39 is 0 Å². The van der Waals surface area contributed by atoms with Gasteiger partial charge in [-0.25, -0.2) is 0 Å². The predicted octanol–water partition coefficient (Wildman–Crippen LogP) is 0.798. The third kappa shape index (κ3) is 4.92. The molecule has 1 aliphatic rings. The van der Waals surface area contributed by atoms with E-state index in [4.69, 9.17) is 9.84 Å². The minimum atomic E-state index is 0.221. The van der Waals surface area contributed by atoms with Gasteiger partial charge in [-0.2, -0.15) is 0 Å². The van der Waals surface area contributed by atoms with Crippen molar-refractivity contribution in [2.24, 2.45) is 0 Å². The Morgan fingerprint density at radius 3 is 2.59 bits per heavy atom. The van der Waals surface area contributed by atoms with E-state index in [0.29, 0.717) is 12.1 Å². The molecule has 0 bridgehead atoms. The molecule has 1 unspecified atom stereocenters. The zero-order valence-electron chi connectivity index (χ0n) is 11.7. The van der Waals surface area contributed by atoms with Crippen molar-refractivity contribution < 1.29 is 9.84 Å². The molecule has 1 saturated heterocycles. The Kier molecular flexibility index (Phi) is 6.41. The molecule has 1 aliphatic heterocycles. The molecule has 17 heavy (non-hydrogen) atoms. The number of hydrogen-bond acceptors (Lipinski definition) is 4. The first-order chi connectivity index (χ1) is 8.04. The van der Waals surface area contributed by atoms with E-state index in [1.807, 2.05) is 0 Å². The van der Waals surface area contributed by atoms with Crippen LogP contribution in [0.4, 0.5) is 0 Å². The summed E-state index contributed by atoms with van der Waals surface area (Å²) in [4.78, 5) is 4.75. The van der Waals surface area contributed by atoms with Crippen molar-refractivity contribution in [1.29, 1.82) is 0 Å². The highest BCUT2D eigenvalue weighted by Crippen LogP contribution is 2.11. The number of ether oxygens (including phenoxy) is 1. The van der Waals surface area contributed by atoms with E-state index in [1.165, 1.54) is 0 Å². The SMILES string of the molecule is CC(C)N(CCO)CC1CN(C(C)C)CCO1. The number of rotatable bonds is 6. The van der Waals surface area contributed by atoms with Crippen molar-refractivity contribution in [3.8, 4) is 0 Å². The standard InChI is InChI=1S/C13H28N2O2/c1-11(2)14(5-7-16)9-13-10-15(12(3)4)6-8-17-13/h11-13,16H,5-10H2,1-4H3. The van der Waals surface area contributed by atoms with Crippen LogP contribution in [0.3, 0.4) is 0 Å². The Balaban J connectivity index is 2.43. The maximum Gasteiger partial charge on any atom is 0.0829 e. The number of aliphatic hydroxyl groups is 1. The quantitative estimate of drug-likeness (QED) is 0.750. The Labute approximate surface area is 106 Å². The summed E-state index contributed by atoms with van der Waals surface area (Å²) in [6.45, 7) is 13.5. The van der Waals surface area contributed by atoms with Gasteiger partial charge >= 0.3 is 0 Å². The van der Waals surface area contributed by atoms with E-state index >= 15 is 0 Å². The van der Waals surface area contributed by atoms with Crippen molar-refractivity contribution in [3.05, 3.63) is 0 Å². The summed E-state index contributed by atoms with van der Waals surface area (Å²) in [5.74, 6) is 0. The summed E-state index contributed by atoms with van der Waals surface area (Å²) < 4.78 is 5.82. The summed E-state index contributed by atoms with van der Waals surface area (Å²) >= 11 is 0. The molecule has 4 heteroatoms. The van der Waals surface area contributed by atoms with Crippen LogP contribution in [0.25, 0.3) is 0 Å². The average molecular weight is 244 g/mol. The van der Waals surface area contributed by atoms with Gasteiger partial charge in [-0.15, -0.1) is 0 Å². The Hall–Kier alpha value is -0.160. The van der Waals surface area contributed by atoms with Gasteiger partial charge in [0, 0.05) is 38.3 Å². The highest BCUT2D eigenvalue weighted by molar-refractivity contribution is 4.78. The van der Waals surface area contributed by atoms with Crippen molar-refractivity contribution >= 4 is 0 Å². The van der Waals surface area contributed by atoms with Crippen LogP contribution < -0.4 is 0 Å². The summed E-state index contributed by atoms with van der Waals surface area (Å²) in [7, 11) is 0. The lowest BCUT2D eigenvalue weighted by Crippen LogP contribution is -2.51. The normalized spacial score (nSPS) is 22.9. The molecular formula is C13H28N2O2. The second-order valence-electron chi connectivity index (χ2n) is 5.39. The van der Waals surface area contributed by atoms with Crippen molar-refractivity contribution in [2.75, 3.05) is 39.4 Å². The molecule has 1 atom stereocenters. The highest BCUT2D eigenvalue weighted by atomic mass is 16.5. The fourth-order valence-electron chi connectivity index (χ4n) is 2.27. The minimum absolute atomic E-state index is 0.221. The minimum Gasteiger partial charge on any atom is -0.395 e. The monoisotopic (exact) mass is 244 g/mol. The Morgan fingerprint density at radius 1 is 1.35 bits per heavy atom. The van der Waals surface area contributed by atoms with Crippen molar-refractivity contribution in [1.82, 2.24) is 9.80 Å². The van der Waals surface area contributed by atoms with E-state index in [9.17, 15) is 0 Å². The predicted molar refractivity (Wildman–Crippen MR) is 70.2 cm³/mol. The first-order valence-corrected chi connectivity index (χ1v) is 6.75. The number of aliphatic hydroxyl groups excluding tert-OH is 1. The Morgan fingerprint density at radius 2 is 2.06 bits per heavy atom. The van der Waals surface area contributed by atoms with Crippen molar-refractivity contribution in [2.45, 2.75) is 45.9 Å². The molecule has 1 N–H and O–H groups in total. The third-order valence-electron chi connectivity index (χ3n) is 3.46. The highest BCUT2D eigenvalue weighted by Gasteiger charge is 2.24. The second-order valence-corrected chi connectivity index (χ2v) is 5.39. The molecule has 0 aromatic rings. The summed E-state index contributed by atoms with van der Waals surface area (Å²) in [5, 5.41) is 9.06. The molecule has 0 amide bonds. The molecule has 0 aliphatic carbocycles. The summed E-state index contributed by atoms with van der Waals surface area (Å²) in [6, 6.07) is 1.05. The lowest BCUT2D eigenvalue weighted by Gasteiger charge is -2.38. The van der Waals surface area contributed by atoms with Crippen LogP contribution in [0.1, 0.15) is 27.7 Å². The van der Waals surface area contributed by atoms with E-state index in [1.54, 1.807) is 0 Å². The van der Waals surface area contributed by atoms with Crippen LogP contribution in [-0.4, -0.2) is 72.5 Å². The van der Waals surface area contributed by atoms with Crippen LogP contribution in [0.2, 0.25) is 0 Å². The molecule has 1 fully saturated rings. The molecule has 1 heterocycles. The fourth-order valence-corrected chi connectivity index (χ4v) is 2.27. The van der Waals surface area contributed by atoms with E-state index in [-0.39, 0.29) is 12.7 Å². The lowest BCUT2D eigenvalue weighted by atomic mass is 10.2. The molecule has 0 radical (unpaired) electrons. The van der Waals surface area contributed by atoms with Crippen LogP contribution >= 0.6 is 0 Å². The van der Waals surface area contributed by atoms with Crippen LogP contribution in [0.5, 0.6) is 0 Å². The topological polar surface area (TPSA) is 35.9 Å². The van der Waals surface area contributed by atoms with Gasteiger partial charge in [-0.05, 0) is 27.7 Å². The van der Waals surface area contributed by atoms with Gasteiger partial charge in [0.1, 0.15) is 0 Å². The summed E-state index contributed by atoms with van der Waals surface area (Å²) in [5.41, 5.74) is 0. The molecule has 0 aromatic heterocycles. The largest absolute Gasteiger partial charge is 0.395 e. The first-order valence-electron chi connectivity index (χ1n) is 6.75. The van der Waals surface area contributed by atoms with Gasteiger partial charge in [0.25, 0.3) is 0 Å². The number of nitrogens with zero attached hydrogens (tertiary/aromatic N) is 2. The smallest absolute Gasteiger partial charge is 0.0829 e. The fraction of sp³-hybridized carbons (Fsp3) is 1.00.